The van der Waals surface area contributed by atoms with Gasteiger partial charge in [0, 0.05) is 17.5 Å². The van der Waals surface area contributed by atoms with Crippen molar-refractivity contribution >= 4 is 17.5 Å². The first-order chi connectivity index (χ1) is 15.2. The molecule has 1 amide bonds. The first-order valence-electron chi connectivity index (χ1n) is 10.9. The van der Waals surface area contributed by atoms with E-state index in [1.54, 1.807) is 18.3 Å². The fraction of sp³-hybridized carbons (Fsp3) is 0.500. The number of hydrogen-bond acceptors (Lipinski definition) is 4. The molecular formula is C24H29ClF2N2O3. The average molecular weight is 467 g/mol. The number of aromatic nitrogens is 1. The summed E-state index contributed by atoms with van der Waals surface area (Å²) in [6.07, 6.45) is 6.28. The molecule has 0 aliphatic heterocycles. The van der Waals surface area contributed by atoms with Crippen LogP contribution in [0.2, 0.25) is 5.15 Å². The third-order valence-electron chi connectivity index (χ3n) is 5.72. The Morgan fingerprint density at radius 1 is 1.19 bits per heavy atom. The topological polar surface area (TPSA) is 60.5 Å². The molecule has 174 valence electrons. The van der Waals surface area contributed by atoms with Crippen molar-refractivity contribution in [2.75, 3.05) is 6.61 Å². The summed E-state index contributed by atoms with van der Waals surface area (Å²) in [4.78, 5) is 16.8. The van der Waals surface area contributed by atoms with Gasteiger partial charge in [0.1, 0.15) is 16.7 Å². The standard InChI is InChI=1S/C24H29ClF2N2O3/c1-24(2,12-3-13-31-21-10-4-16(26)14-20(21)27)23(30)29-17-5-7-18(8-6-17)32-19-9-11-22(25)28-15-19/h4,9-11,14-15,17-18H,3,5-8,12-13H2,1-2H3,(H,29,30). The van der Waals surface area contributed by atoms with Crippen LogP contribution in [-0.2, 0) is 4.79 Å². The van der Waals surface area contributed by atoms with Gasteiger partial charge in [0.2, 0.25) is 5.91 Å². The minimum absolute atomic E-state index is 0.00303. The number of ether oxygens (including phenoxy) is 2. The van der Waals surface area contributed by atoms with Crippen LogP contribution in [0.4, 0.5) is 8.78 Å². The molecule has 0 atom stereocenters. The van der Waals surface area contributed by atoms with Gasteiger partial charge in [0.25, 0.3) is 0 Å². The molecule has 3 rings (SSSR count). The Labute approximate surface area is 192 Å². The molecule has 1 aromatic heterocycles. The Bertz CT molecular complexity index is 901. The number of rotatable bonds is 9. The van der Waals surface area contributed by atoms with E-state index in [1.165, 1.54) is 6.07 Å². The zero-order valence-electron chi connectivity index (χ0n) is 18.4. The fourth-order valence-electron chi connectivity index (χ4n) is 3.73. The van der Waals surface area contributed by atoms with E-state index in [2.05, 4.69) is 10.3 Å². The summed E-state index contributed by atoms with van der Waals surface area (Å²) in [6, 6.07) is 6.84. The zero-order valence-corrected chi connectivity index (χ0v) is 19.1. The molecule has 1 saturated carbocycles. The molecule has 1 aliphatic rings. The number of amides is 1. The number of carbonyl (C=O) groups is 1. The van der Waals surface area contributed by atoms with Gasteiger partial charge in [-0.2, -0.15) is 0 Å². The minimum atomic E-state index is -0.728. The van der Waals surface area contributed by atoms with Crippen molar-refractivity contribution < 1.29 is 23.0 Å². The van der Waals surface area contributed by atoms with E-state index in [9.17, 15) is 13.6 Å². The Morgan fingerprint density at radius 3 is 2.59 bits per heavy atom. The Morgan fingerprint density at radius 2 is 1.94 bits per heavy atom. The normalized spacial score (nSPS) is 18.8. The third kappa shape index (κ3) is 7.05. The van der Waals surface area contributed by atoms with Crippen LogP contribution < -0.4 is 14.8 Å². The second-order valence-electron chi connectivity index (χ2n) is 8.79. The summed E-state index contributed by atoms with van der Waals surface area (Å²) >= 11 is 5.80. The molecule has 0 bridgehead atoms. The highest BCUT2D eigenvalue weighted by atomic mass is 35.5. The number of benzene rings is 1. The van der Waals surface area contributed by atoms with Crippen molar-refractivity contribution in [2.24, 2.45) is 5.41 Å². The lowest BCUT2D eigenvalue weighted by molar-refractivity contribution is -0.130. The van der Waals surface area contributed by atoms with E-state index in [4.69, 9.17) is 21.1 Å². The van der Waals surface area contributed by atoms with Crippen molar-refractivity contribution in [3.05, 3.63) is 53.3 Å². The van der Waals surface area contributed by atoms with Gasteiger partial charge in [-0.25, -0.2) is 13.8 Å². The molecule has 0 unspecified atom stereocenters. The molecule has 32 heavy (non-hydrogen) atoms. The van der Waals surface area contributed by atoms with Crippen LogP contribution in [-0.4, -0.2) is 29.6 Å². The van der Waals surface area contributed by atoms with Gasteiger partial charge in [0.15, 0.2) is 11.6 Å². The van der Waals surface area contributed by atoms with Gasteiger partial charge < -0.3 is 14.8 Å². The van der Waals surface area contributed by atoms with Gasteiger partial charge >= 0.3 is 0 Å². The molecule has 5 nitrogen and oxygen atoms in total. The summed E-state index contributed by atoms with van der Waals surface area (Å²) in [6.45, 7) is 4.04. The van der Waals surface area contributed by atoms with Crippen LogP contribution in [0.5, 0.6) is 11.5 Å². The number of halogens is 3. The quantitative estimate of drug-likeness (QED) is 0.380. The van der Waals surface area contributed by atoms with E-state index in [1.807, 2.05) is 13.8 Å². The second-order valence-corrected chi connectivity index (χ2v) is 9.18. The molecule has 1 aliphatic carbocycles. The predicted molar refractivity (Wildman–Crippen MR) is 119 cm³/mol. The largest absolute Gasteiger partial charge is 0.491 e. The van der Waals surface area contributed by atoms with Crippen molar-refractivity contribution in [3.63, 3.8) is 0 Å². The summed E-state index contributed by atoms with van der Waals surface area (Å²) in [5.41, 5.74) is -0.576. The summed E-state index contributed by atoms with van der Waals surface area (Å²) in [5, 5.41) is 3.59. The number of carbonyl (C=O) groups excluding carboxylic acids is 1. The molecule has 8 heteroatoms. The fourth-order valence-corrected chi connectivity index (χ4v) is 3.84. The van der Waals surface area contributed by atoms with E-state index < -0.39 is 17.0 Å². The van der Waals surface area contributed by atoms with E-state index >= 15 is 0 Å². The van der Waals surface area contributed by atoms with Crippen LogP contribution in [0, 0.1) is 17.0 Å². The highest BCUT2D eigenvalue weighted by Gasteiger charge is 2.31. The summed E-state index contributed by atoms with van der Waals surface area (Å²) in [5.74, 6) is -0.659. The first-order valence-corrected chi connectivity index (χ1v) is 11.3. The van der Waals surface area contributed by atoms with Gasteiger partial charge in [-0.3, -0.25) is 4.79 Å². The minimum Gasteiger partial charge on any atom is -0.491 e. The second kappa shape index (κ2) is 10.9. The molecule has 0 saturated heterocycles. The maximum Gasteiger partial charge on any atom is 0.225 e. The van der Waals surface area contributed by atoms with Gasteiger partial charge in [-0.15, -0.1) is 0 Å². The van der Waals surface area contributed by atoms with Crippen LogP contribution >= 0.6 is 11.6 Å². The zero-order chi connectivity index (χ0) is 23.1. The number of nitrogens with one attached hydrogen (secondary N) is 1. The van der Waals surface area contributed by atoms with E-state index in [0.29, 0.717) is 23.7 Å². The van der Waals surface area contributed by atoms with Gasteiger partial charge in [-0.1, -0.05) is 25.4 Å². The highest BCUT2D eigenvalue weighted by molar-refractivity contribution is 6.29. The number of nitrogens with zero attached hydrogens (tertiary/aromatic N) is 1. The molecule has 2 aromatic rings. The van der Waals surface area contributed by atoms with Crippen LogP contribution in [0.1, 0.15) is 52.4 Å². The van der Waals surface area contributed by atoms with E-state index in [0.717, 1.165) is 37.8 Å². The lowest BCUT2D eigenvalue weighted by Crippen LogP contribution is -2.45. The van der Waals surface area contributed by atoms with Crippen molar-refractivity contribution in [3.8, 4) is 11.5 Å². The monoisotopic (exact) mass is 466 g/mol. The summed E-state index contributed by atoms with van der Waals surface area (Å²) < 4.78 is 37.9. The molecular weight excluding hydrogens is 438 g/mol. The molecule has 0 spiro atoms. The van der Waals surface area contributed by atoms with Crippen molar-refractivity contribution in [1.29, 1.82) is 0 Å². The third-order valence-corrected chi connectivity index (χ3v) is 5.95. The van der Waals surface area contributed by atoms with Crippen LogP contribution in [0.3, 0.4) is 0 Å². The SMILES string of the molecule is CC(C)(CCCOc1ccc(F)cc1F)C(=O)NC1CCC(Oc2ccc(Cl)nc2)CC1. The average Bonchev–Trinajstić information content (AvgIpc) is 2.75. The smallest absolute Gasteiger partial charge is 0.225 e. The van der Waals surface area contributed by atoms with Gasteiger partial charge in [0.05, 0.1) is 18.9 Å². The maximum atomic E-state index is 13.6. The lowest BCUT2D eigenvalue weighted by atomic mass is 9.85. The number of hydrogen-bond donors (Lipinski definition) is 1. The molecule has 0 radical (unpaired) electrons. The number of pyridine rings is 1. The van der Waals surface area contributed by atoms with Crippen LogP contribution in [0.25, 0.3) is 0 Å². The first kappa shape index (κ1) is 24.2. The van der Waals surface area contributed by atoms with E-state index in [-0.39, 0.29) is 30.4 Å². The highest BCUT2D eigenvalue weighted by Crippen LogP contribution is 2.27. The van der Waals surface area contributed by atoms with Crippen molar-refractivity contribution in [2.45, 2.75) is 64.5 Å². The van der Waals surface area contributed by atoms with Gasteiger partial charge in [-0.05, 0) is 62.8 Å². The molecule has 1 N–H and O–H groups in total. The Balaban J connectivity index is 1.37. The summed E-state index contributed by atoms with van der Waals surface area (Å²) in [7, 11) is 0. The lowest BCUT2D eigenvalue weighted by Gasteiger charge is -2.32. The molecule has 1 aromatic carbocycles. The molecule has 1 heterocycles. The maximum absolute atomic E-state index is 13.6. The Kier molecular flexibility index (Phi) is 8.29. The molecule has 1 fully saturated rings. The van der Waals surface area contributed by atoms with Crippen molar-refractivity contribution in [1.82, 2.24) is 10.3 Å². The Hall–Kier alpha value is -2.41. The predicted octanol–water partition coefficient (Wildman–Crippen LogP) is 5.70. The van der Waals surface area contributed by atoms with Crippen LogP contribution in [0.15, 0.2) is 36.5 Å².